The molecular weight excluding hydrogens is 388 g/mol. The molecule has 0 saturated carbocycles. The van der Waals surface area contributed by atoms with E-state index in [-0.39, 0.29) is 10.8 Å². The highest BCUT2D eigenvalue weighted by Crippen LogP contribution is 2.36. The zero-order chi connectivity index (χ0) is 23.8. The maximum Gasteiger partial charge on any atom is 0.0668 e. The number of rotatable bonds is 2. The SMILES string of the molecule is CC(C)(C)C1=Nc2cc(C(C)(C)C)ccc2C1.CC(C)C1=Nc2cc(C(C)C)ccc2C1. The highest BCUT2D eigenvalue weighted by atomic mass is 14.8. The van der Waals surface area contributed by atoms with E-state index < -0.39 is 0 Å². The highest BCUT2D eigenvalue weighted by Gasteiger charge is 2.26. The van der Waals surface area contributed by atoms with Crippen molar-refractivity contribution in [1.82, 2.24) is 0 Å². The summed E-state index contributed by atoms with van der Waals surface area (Å²) in [5, 5.41) is 0. The van der Waals surface area contributed by atoms with Gasteiger partial charge >= 0.3 is 0 Å². The third-order valence-corrected chi connectivity index (χ3v) is 6.51. The smallest absolute Gasteiger partial charge is 0.0668 e. The third-order valence-electron chi connectivity index (χ3n) is 6.51. The average molecular weight is 431 g/mol. The lowest BCUT2D eigenvalue weighted by Gasteiger charge is -2.19. The first-order valence-corrected chi connectivity index (χ1v) is 12.2. The molecule has 172 valence electrons. The molecule has 0 radical (unpaired) electrons. The number of hydrogen-bond donors (Lipinski definition) is 0. The van der Waals surface area contributed by atoms with Gasteiger partial charge in [0.05, 0.1) is 11.4 Å². The van der Waals surface area contributed by atoms with E-state index in [1.807, 2.05) is 0 Å². The molecule has 2 aliphatic heterocycles. The molecule has 2 aliphatic rings. The summed E-state index contributed by atoms with van der Waals surface area (Å²) in [5.74, 6) is 1.16. The molecule has 2 nitrogen and oxygen atoms in total. The lowest BCUT2D eigenvalue weighted by Crippen LogP contribution is -2.19. The van der Waals surface area contributed by atoms with E-state index >= 15 is 0 Å². The second-order valence-electron chi connectivity index (χ2n) is 12.1. The number of fused-ring (bicyclic) bond motifs is 2. The standard InChI is InChI=1S/C16H23N.C14H19N/c1-15(2,3)12-8-7-11-9-14(16(4,5)6)17-13(11)10-12;1-9(2)11-5-6-12-8-13(10(3)4)15-14(12)7-11/h7-8,10H,9H2,1-6H3;5-7,9-10H,8H2,1-4H3. The summed E-state index contributed by atoms with van der Waals surface area (Å²) in [6.07, 6.45) is 2.06. The van der Waals surface area contributed by atoms with Crippen molar-refractivity contribution in [2.75, 3.05) is 0 Å². The summed E-state index contributed by atoms with van der Waals surface area (Å²) in [5.41, 5.74) is 10.9. The lowest BCUT2D eigenvalue weighted by atomic mass is 9.85. The molecule has 32 heavy (non-hydrogen) atoms. The molecule has 0 N–H and O–H groups in total. The first kappa shape index (κ1) is 24.4. The zero-order valence-electron chi connectivity index (χ0n) is 21.9. The molecule has 2 aromatic rings. The van der Waals surface area contributed by atoms with Crippen molar-refractivity contribution < 1.29 is 0 Å². The summed E-state index contributed by atoms with van der Waals surface area (Å²) < 4.78 is 0. The summed E-state index contributed by atoms with van der Waals surface area (Å²) in [4.78, 5) is 9.52. The number of nitrogens with zero attached hydrogens (tertiary/aromatic N) is 2. The number of hydrogen-bond acceptors (Lipinski definition) is 2. The molecule has 0 bridgehead atoms. The van der Waals surface area contributed by atoms with Crippen molar-refractivity contribution in [2.45, 2.75) is 93.4 Å². The molecule has 0 fully saturated rings. The molecule has 0 aromatic heterocycles. The van der Waals surface area contributed by atoms with Gasteiger partial charge in [-0.1, -0.05) is 93.5 Å². The Morgan fingerprint density at radius 1 is 0.656 bits per heavy atom. The molecule has 2 heterocycles. The van der Waals surface area contributed by atoms with E-state index in [0.29, 0.717) is 11.8 Å². The van der Waals surface area contributed by atoms with Crippen LogP contribution in [0.25, 0.3) is 0 Å². The summed E-state index contributed by atoms with van der Waals surface area (Å²) in [6, 6.07) is 13.5. The van der Waals surface area contributed by atoms with Crippen LogP contribution in [0.1, 0.15) is 97.4 Å². The fourth-order valence-corrected chi connectivity index (χ4v) is 4.00. The van der Waals surface area contributed by atoms with Crippen LogP contribution in [0.4, 0.5) is 11.4 Å². The fourth-order valence-electron chi connectivity index (χ4n) is 4.00. The molecule has 0 atom stereocenters. The predicted molar refractivity (Wildman–Crippen MR) is 142 cm³/mol. The fraction of sp³-hybridized carbons (Fsp3) is 0.533. The second-order valence-corrected chi connectivity index (χ2v) is 12.1. The minimum Gasteiger partial charge on any atom is -0.257 e. The normalized spacial score (nSPS) is 15.2. The maximum absolute atomic E-state index is 4.81. The van der Waals surface area contributed by atoms with E-state index in [2.05, 4.69) is 106 Å². The Morgan fingerprint density at radius 2 is 1.25 bits per heavy atom. The first-order chi connectivity index (χ1) is 14.8. The average Bonchev–Trinajstić information content (AvgIpc) is 3.30. The second kappa shape index (κ2) is 8.96. The van der Waals surface area contributed by atoms with E-state index in [1.54, 1.807) is 0 Å². The first-order valence-electron chi connectivity index (χ1n) is 12.2. The van der Waals surface area contributed by atoms with Crippen LogP contribution in [-0.4, -0.2) is 11.4 Å². The number of benzene rings is 2. The molecular formula is C30H42N2. The van der Waals surface area contributed by atoms with Crippen LogP contribution >= 0.6 is 0 Å². The van der Waals surface area contributed by atoms with Gasteiger partial charge in [-0.2, -0.15) is 0 Å². The largest absolute Gasteiger partial charge is 0.257 e. The van der Waals surface area contributed by atoms with Gasteiger partial charge in [0, 0.05) is 29.7 Å². The monoisotopic (exact) mass is 430 g/mol. The van der Waals surface area contributed by atoms with Crippen molar-refractivity contribution in [3.8, 4) is 0 Å². The van der Waals surface area contributed by atoms with Crippen molar-refractivity contribution in [3.05, 3.63) is 58.7 Å². The molecule has 2 aromatic carbocycles. The van der Waals surface area contributed by atoms with Gasteiger partial charge in [-0.15, -0.1) is 0 Å². The molecule has 0 unspecified atom stereocenters. The van der Waals surface area contributed by atoms with Crippen LogP contribution in [0.5, 0.6) is 0 Å². The Bertz CT molecular complexity index is 1040. The third kappa shape index (κ3) is 5.57. The molecule has 2 heteroatoms. The van der Waals surface area contributed by atoms with Gasteiger partial charge in [-0.25, -0.2) is 0 Å². The predicted octanol–water partition coefficient (Wildman–Crippen LogP) is 8.75. The molecule has 4 rings (SSSR count). The molecule has 0 saturated heterocycles. The lowest BCUT2D eigenvalue weighted by molar-refractivity contribution is 0.584. The van der Waals surface area contributed by atoms with Crippen molar-refractivity contribution in [3.63, 3.8) is 0 Å². The van der Waals surface area contributed by atoms with Crippen molar-refractivity contribution in [2.24, 2.45) is 21.3 Å². The van der Waals surface area contributed by atoms with E-state index in [4.69, 9.17) is 9.98 Å². The Morgan fingerprint density at radius 3 is 1.81 bits per heavy atom. The van der Waals surface area contributed by atoms with Crippen molar-refractivity contribution in [1.29, 1.82) is 0 Å². The Balaban J connectivity index is 0.000000182. The van der Waals surface area contributed by atoms with Gasteiger partial charge in [-0.05, 0) is 51.6 Å². The van der Waals surface area contributed by atoms with Gasteiger partial charge < -0.3 is 0 Å². The van der Waals surface area contributed by atoms with Gasteiger partial charge in [0.25, 0.3) is 0 Å². The van der Waals surface area contributed by atoms with E-state index in [1.165, 1.54) is 45.1 Å². The minimum atomic E-state index is 0.181. The number of aliphatic imine (C=N–C) groups is 2. The minimum absolute atomic E-state index is 0.181. The highest BCUT2D eigenvalue weighted by molar-refractivity contribution is 5.97. The molecule has 0 amide bonds. The van der Waals surface area contributed by atoms with Crippen LogP contribution in [0, 0.1) is 11.3 Å². The van der Waals surface area contributed by atoms with Crippen LogP contribution in [0.3, 0.4) is 0 Å². The zero-order valence-corrected chi connectivity index (χ0v) is 21.9. The Hall–Kier alpha value is -2.22. The van der Waals surface area contributed by atoms with Gasteiger partial charge in [-0.3, -0.25) is 9.98 Å². The molecule has 0 aliphatic carbocycles. The quantitative estimate of drug-likeness (QED) is 0.455. The van der Waals surface area contributed by atoms with Gasteiger partial charge in [0.2, 0.25) is 0 Å². The van der Waals surface area contributed by atoms with Crippen LogP contribution < -0.4 is 0 Å². The van der Waals surface area contributed by atoms with E-state index in [0.717, 1.165) is 12.8 Å². The Labute approximate surface area is 196 Å². The molecule has 0 spiro atoms. The van der Waals surface area contributed by atoms with Crippen LogP contribution in [0.15, 0.2) is 46.4 Å². The topological polar surface area (TPSA) is 24.7 Å². The van der Waals surface area contributed by atoms with Crippen LogP contribution in [-0.2, 0) is 18.3 Å². The van der Waals surface area contributed by atoms with Crippen molar-refractivity contribution >= 4 is 22.8 Å². The van der Waals surface area contributed by atoms with Gasteiger partial charge in [0.1, 0.15) is 0 Å². The van der Waals surface area contributed by atoms with Gasteiger partial charge in [0.15, 0.2) is 0 Å². The summed E-state index contributed by atoms with van der Waals surface area (Å²) in [7, 11) is 0. The van der Waals surface area contributed by atoms with E-state index in [9.17, 15) is 0 Å². The van der Waals surface area contributed by atoms with Crippen LogP contribution in [0.2, 0.25) is 0 Å². The Kier molecular flexibility index (Phi) is 6.84. The summed E-state index contributed by atoms with van der Waals surface area (Å²) in [6.45, 7) is 22.3. The maximum atomic E-state index is 4.81. The summed E-state index contributed by atoms with van der Waals surface area (Å²) >= 11 is 0.